The van der Waals surface area contributed by atoms with E-state index in [2.05, 4.69) is 10.3 Å². The number of benzene rings is 1. The minimum atomic E-state index is -3.79. The van der Waals surface area contributed by atoms with Crippen LogP contribution in [0.2, 0.25) is 4.34 Å². The van der Waals surface area contributed by atoms with E-state index >= 15 is 0 Å². The average molecular weight is 524 g/mol. The van der Waals surface area contributed by atoms with Crippen LogP contribution in [0.4, 0.5) is 5.00 Å². The number of aromatic nitrogens is 1. The van der Waals surface area contributed by atoms with Gasteiger partial charge in [0.2, 0.25) is 5.91 Å². The van der Waals surface area contributed by atoms with Crippen molar-refractivity contribution >= 4 is 76.8 Å². The number of sulfonamides is 1. The lowest BCUT2D eigenvalue weighted by Crippen LogP contribution is -2.49. The molecular weight excluding hydrogens is 506 g/mol. The Labute approximate surface area is 202 Å². The number of para-hydroxylation sites is 1. The first-order chi connectivity index (χ1) is 15.4. The summed E-state index contributed by atoms with van der Waals surface area (Å²) in [7, 11) is -3.79. The maximum absolute atomic E-state index is 13.3. The van der Waals surface area contributed by atoms with Crippen LogP contribution in [0, 0.1) is 0 Å². The van der Waals surface area contributed by atoms with Crippen LogP contribution in [0.1, 0.15) is 19.3 Å². The highest BCUT2D eigenvalue weighted by Crippen LogP contribution is 2.38. The molecule has 5 rings (SSSR count). The highest BCUT2D eigenvalue weighted by atomic mass is 35.5. The Morgan fingerprint density at radius 3 is 2.75 bits per heavy atom. The molecule has 1 aliphatic rings. The Morgan fingerprint density at radius 2 is 1.97 bits per heavy atom. The van der Waals surface area contributed by atoms with Crippen molar-refractivity contribution in [3.8, 4) is 10.6 Å². The molecule has 0 aliphatic carbocycles. The number of hydrogen-bond acceptors (Lipinski definition) is 7. The van der Waals surface area contributed by atoms with Crippen molar-refractivity contribution < 1.29 is 13.2 Å². The van der Waals surface area contributed by atoms with Crippen LogP contribution < -0.4 is 5.32 Å². The molecule has 32 heavy (non-hydrogen) atoms. The van der Waals surface area contributed by atoms with Crippen molar-refractivity contribution in [3.63, 3.8) is 0 Å². The highest BCUT2D eigenvalue weighted by molar-refractivity contribution is 7.91. The van der Waals surface area contributed by atoms with E-state index in [9.17, 15) is 13.2 Å². The van der Waals surface area contributed by atoms with Crippen molar-refractivity contribution in [3.05, 3.63) is 52.2 Å². The summed E-state index contributed by atoms with van der Waals surface area (Å²) in [4.78, 5) is 18.0. The second-order valence-electron chi connectivity index (χ2n) is 7.33. The first-order valence-corrected chi connectivity index (χ1v) is 14.3. The monoisotopic (exact) mass is 523 g/mol. The zero-order valence-electron chi connectivity index (χ0n) is 16.7. The van der Waals surface area contributed by atoms with E-state index in [0.29, 0.717) is 22.3 Å². The Morgan fingerprint density at radius 1 is 1.12 bits per heavy atom. The van der Waals surface area contributed by atoms with Crippen LogP contribution >= 0.6 is 45.6 Å². The quantitative estimate of drug-likeness (QED) is 0.352. The third-order valence-electron chi connectivity index (χ3n) is 5.29. The first kappa shape index (κ1) is 22.0. The van der Waals surface area contributed by atoms with Gasteiger partial charge in [-0.15, -0.1) is 34.0 Å². The van der Waals surface area contributed by atoms with Gasteiger partial charge in [0, 0.05) is 12.1 Å². The number of anilines is 1. The van der Waals surface area contributed by atoms with Gasteiger partial charge in [-0.3, -0.25) is 4.79 Å². The normalized spacial score (nSPS) is 17.6. The van der Waals surface area contributed by atoms with Crippen molar-refractivity contribution in [2.24, 2.45) is 0 Å². The van der Waals surface area contributed by atoms with Crippen molar-refractivity contribution in [1.29, 1.82) is 0 Å². The number of rotatable bonds is 5. The number of carbonyl (C=O) groups is 1. The fourth-order valence-corrected chi connectivity index (χ4v) is 8.89. The van der Waals surface area contributed by atoms with Gasteiger partial charge in [-0.05, 0) is 48.6 Å². The zero-order valence-corrected chi connectivity index (χ0v) is 20.7. The van der Waals surface area contributed by atoms with E-state index in [-0.39, 0.29) is 10.1 Å². The van der Waals surface area contributed by atoms with E-state index < -0.39 is 16.1 Å². The number of carbonyl (C=O) groups excluding carboxylic acids is 1. The molecule has 1 atom stereocenters. The molecule has 0 radical (unpaired) electrons. The van der Waals surface area contributed by atoms with Gasteiger partial charge in [0.15, 0.2) is 0 Å². The topological polar surface area (TPSA) is 79.4 Å². The summed E-state index contributed by atoms with van der Waals surface area (Å²) >= 11 is 9.93. The molecule has 4 heterocycles. The van der Waals surface area contributed by atoms with Crippen molar-refractivity contribution in [2.75, 3.05) is 11.9 Å². The van der Waals surface area contributed by atoms with E-state index in [0.717, 1.165) is 45.0 Å². The van der Waals surface area contributed by atoms with E-state index in [1.807, 2.05) is 35.7 Å². The van der Waals surface area contributed by atoms with Gasteiger partial charge in [-0.1, -0.05) is 30.2 Å². The lowest BCUT2D eigenvalue weighted by Gasteiger charge is -2.33. The average Bonchev–Trinajstić information content (AvgIpc) is 3.52. The predicted octanol–water partition coefficient (Wildman–Crippen LogP) is 5.92. The summed E-state index contributed by atoms with van der Waals surface area (Å²) < 4.78 is 29.4. The fraction of sp³-hybridized carbons (Fsp3) is 0.238. The third-order valence-corrected chi connectivity index (χ3v) is 10.8. The van der Waals surface area contributed by atoms with Crippen LogP contribution in [-0.4, -0.2) is 36.2 Å². The van der Waals surface area contributed by atoms with Gasteiger partial charge >= 0.3 is 0 Å². The third kappa shape index (κ3) is 4.11. The summed E-state index contributed by atoms with van der Waals surface area (Å²) in [5.74, 6) is -0.319. The molecule has 1 aromatic carbocycles. The van der Waals surface area contributed by atoms with Crippen molar-refractivity contribution in [2.45, 2.75) is 29.5 Å². The SMILES string of the molecule is O=C(Nc1sccc1-c1nc2ccccc2s1)C1CCCCN1S(=O)(=O)c1ccc(Cl)s1. The number of nitrogens with one attached hydrogen (secondary N) is 1. The van der Waals surface area contributed by atoms with Gasteiger partial charge in [0.1, 0.15) is 20.3 Å². The molecule has 1 amide bonds. The Kier molecular flexibility index (Phi) is 6.08. The maximum Gasteiger partial charge on any atom is 0.253 e. The van der Waals surface area contributed by atoms with Crippen LogP contribution in [0.15, 0.2) is 52.1 Å². The molecule has 1 unspecified atom stereocenters. The Balaban J connectivity index is 1.41. The molecule has 4 aromatic rings. The van der Waals surface area contributed by atoms with E-state index in [4.69, 9.17) is 11.6 Å². The summed E-state index contributed by atoms with van der Waals surface area (Å²) in [5, 5.41) is 6.38. The molecule has 1 N–H and O–H groups in total. The second-order valence-corrected chi connectivity index (χ2v) is 13.1. The van der Waals surface area contributed by atoms with Crippen LogP contribution in [0.25, 0.3) is 20.8 Å². The van der Waals surface area contributed by atoms with Gasteiger partial charge in [0.25, 0.3) is 10.0 Å². The molecule has 3 aromatic heterocycles. The van der Waals surface area contributed by atoms with Gasteiger partial charge in [0.05, 0.1) is 14.6 Å². The summed E-state index contributed by atoms with van der Waals surface area (Å²) in [5.41, 5.74) is 1.76. The Hall–Kier alpha value is -1.82. The standard InChI is InChI=1S/C21H18ClN3O3S4/c22-17-8-9-18(31-17)32(27,28)25-11-4-3-6-15(25)19(26)24-20-13(10-12-29-20)21-23-14-5-1-2-7-16(14)30-21/h1-2,5,7-10,12,15H,3-4,6,11H2,(H,24,26). The van der Waals surface area contributed by atoms with Crippen LogP contribution in [-0.2, 0) is 14.8 Å². The molecule has 1 fully saturated rings. The number of hydrogen-bond donors (Lipinski definition) is 1. The molecule has 1 saturated heterocycles. The molecule has 0 saturated carbocycles. The summed E-state index contributed by atoms with van der Waals surface area (Å²) in [6.45, 7) is 0.311. The van der Waals surface area contributed by atoms with Crippen LogP contribution in [0.5, 0.6) is 0 Å². The molecular formula is C21H18ClN3O3S4. The highest BCUT2D eigenvalue weighted by Gasteiger charge is 2.38. The first-order valence-electron chi connectivity index (χ1n) is 9.95. The zero-order chi connectivity index (χ0) is 22.3. The van der Waals surface area contributed by atoms with E-state index in [1.165, 1.54) is 21.7 Å². The molecule has 0 spiro atoms. The molecule has 6 nitrogen and oxygen atoms in total. The minimum absolute atomic E-state index is 0.161. The molecule has 166 valence electrons. The molecule has 1 aliphatic heterocycles. The molecule has 11 heteroatoms. The summed E-state index contributed by atoms with van der Waals surface area (Å²) in [6.07, 6.45) is 1.99. The Bertz CT molecular complexity index is 1360. The van der Waals surface area contributed by atoms with Gasteiger partial charge in [-0.2, -0.15) is 4.31 Å². The number of fused-ring (bicyclic) bond motifs is 1. The number of piperidine rings is 1. The fourth-order valence-electron chi connectivity index (χ4n) is 3.76. The van der Waals surface area contributed by atoms with Crippen molar-refractivity contribution in [1.82, 2.24) is 9.29 Å². The minimum Gasteiger partial charge on any atom is -0.316 e. The van der Waals surface area contributed by atoms with Gasteiger partial charge in [-0.25, -0.2) is 13.4 Å². The second kappa shape index (κ2) is 8.85. The molecule has 0 bridgehead atoms. The number of thiazole rings is 1. The number of thiophene rings is 2. The lowest BCUT2D eigenvalue weighted by atomic mass is 10.0. The number of nitrogens with zero attached hydrogens (tertiary/aromatic N) is 2. The maximum atomic E-state index is 13.3. The van der Waals surface area contributed by atoms with Crippen LogP contribution in [0.3, 0.4) is 0 Å². The van der Waals surface area contributed by atoms with E-state index in [1.54, 1.807) is 17.4 Å². The number of amides is 1. The predicted molar refractivity (Wildman–Crippen MR) is 132 cm³/mol. The summed E-state index contributed by atoms with van der Waals surface area (Å²) in [6, 6.07) is 12.1. The smallest absolute Gasteiger partial charge is 0.253 e. The number of halogens is 1. The largest absolute Gasteiger partial charge is 0.316 e. The lowest BCUT2D eigenvalue weighted by molar-refractivity contribution is -0.120. The van der Waals surface area contributed by atoms with Gasteiger partial charge < -0.3 is 5.32 Å².